The van der Waals surface area contributed by atoms with E-state index in [4.69, 9.17) is 11.6 Å². The molecule has 2 aromatic rings. The van der Waals surface area contributed by atoms with E-state index in [9.17, 15) is 4.39 Å². The second-order valence-electron chi connectivity index (χ2n) is 3.00. The first-order chi connectivity index (χ1) is 6.20. The molecule has 1 aromatic heterocycles. The van der Waals surface area contributed by atoms with E-state index in [0.717, 1.165) is 17.5 Å². The van der Waals surface area contributed by atoms with E-state index in [1.54, 1.807) is 6.07 Å². The molecule has 1 aromatic carbocycles. The standard InChI is InChI=1S/C10H9ClFN/c1-2-8-4-6-3-7(11)5-9(12)10(6)13-8/h3-5,13H,2H2,1H3. The smallest absolute Gasteiger partial charge is 0.148 e. The Kier molecular flexibility index (Phi) is 2.00. The van der Waals surface area contributed by atoms with E-state index in [-0.39, 0.29) is 5.82 Å². The average Bonchev–Trinajstić information content (AvgIpc) is 2.47. The number of aryl methyl sites for hydroxylation is 1. The first kappa shape index (κ1) is 8.57. The van der Waals surface area contributed by atoms with Gasteiger partial charge in [-0.1, -0.05) is 18.5 Å². The summed E-state index contributed by atoms with van der Waals surface area (Å²) in [5, 5.41) is 1.27. The van der Waals surface area contributed by atoms with Gasteiger partial charge in [0.05, 0.1) is 5.52 Å². The minimum absolute atomic E-state index is 0.290. The van der Waals surface area contributed by atoms with Crippen molar-refractivity contribution < 1.29 is 4.39 Å². The Morgan fingerprint density at radius 2 is 2.15 bits per heavy atom. The third-order valence-electron chi connectivity index (χ3n) is 2.08. The van der Waals surface area contributed by atoms with Gasteiger partial charge >= 0.3 is 0 Å². The van der Waals surface area contributed by atoms with Crippen LogP contribution in [0.3, 0.4) is 0 Å². The molecule has 2 rings (SSSR count). The van der Waals surface area contributed by atoms with Gasteiger partial charge in [0.1, 0.15) is 5.82 Å². The number of rotatable bonds is 1. The van der Waals surface area contributed by atoms with Crippen LogP contribution in [0.5, 0.6) is 0 Å². The van der Waals surface area contributed by atoms with Crippen molar-refractivity contribution in [2.45, 2.75) is 13.3 Å². The van der Waals surface area contributed by atoms with E-state index in [0.29, 0.717) is 10.5 Å². The fraction of sp³-hybridized carbons (Fsp3) is 0.200. The monoisotopic (exact) mass is 197 g/mol. The lowest BCUT2D eigenvalue weighted by Crippen LogP contribution is -1.79. The first-order valence-electron chi connectivity index (χ1n) is 4.17. The van der Waals surface area contributed by atoms with Crippen LogP contribution in [0.2, 0.25) is 5.02 Å². The van der Waals surface area contributed by atoms with E-state index in [2.05, 4.69) is 4.98 Å². The highest BCUT2D eigenvalue weighted by Gasteiger charge is 2.05. The second-order valence-corrected chi connectivity index (χ2v) is 3.44. The molecule has 1 nitrogen and oxygen atoms in total. The van der Waals surface area contributed by atoms with Crippen LogP contribution in [-0.4, -0.2) is 4.98 Å². The summed E-state index contributed by atoms with van der Waals surface area (Å²) in [6.07, 6.45) is 0.867. The molecule has 68 valence electrons. The third kappa shape index (κ3) is 1.42. The molecule has 13 heavy (non-hydrogen) atoms. The Labute approximate surface area is 80.5 Å². The molecule has 0 amide bonds. The minimum Gasteiger partial charge on any atom is -0.356 e. The highest BCUT2D eigenvalue weighted by atomic mass is 35.5. The van der Waals surface area contributed by atoms with Crippen molar-refractivity contribution in [1.82, 2.24) is 4.98 Å². The number of aromatic nitrogens is 1. The number of nitrogens with one attached hydrogen (secondary N) is 1. The van der Waals surface area contributed by atoms with Crippen LogP contribution in [0.15, 0.2) is 18.2 Å². The first-order valence-corrected chi connectivity index (χ1v) is 4.55. The molecule has 0 saturated heterocycles. The number of benzene rings is 1. The highest BCUT2D eigenvalue weighted by Crippen LogP contribution is 2.23. The average molecular weight is 198 g/mol. The zero-order valence-corrected chi connectivity index (χ0v) is 7.95. The fourth-order valence-corrected chi connectivity index (χ4v) is 1.63. The number of halogens is 2. The summed E-state index contributed by atoms with van der Waals surface area (Å²) in [5.74, 6) is -0.290. The van der Waals surface area contributed by atoms with E-state index < -0.39 is 0 Å². The van der Waals surface area contributed by atoms with Gasteiger partial charge in [-0.3, -0.25) is 0 Å². The lowest BCUT2D eigenvalue weighted by atomic mass is 10.2. The molecular weight excluding hydrogens is 189 g/mol. The molecular formula is C10H9ClFN. The molecule has 1 heterocycles. The van der Waals surface area contributed by atoms with Crippen LogP contribution in [0.4, 0.5) is 4.39 Å². The van der Waals surface area contributed by atoms with Crippen LogP contribution in [0.1, 0.15) is 12.6 Å². The summed E-state index contributed by atoms with van der Waals surface area (Å²) in [7, 11) is 0. The molecule has 0 aliphatic rings. The minimum atomic E-state index is -0.290. The van der Waals surface area contributed by atoms with Crippen LogP contribution < -0.4 is 0 Å². The van der Waals surface area contributed by atoms with Gasteiger partial charge in [-0.05, 0) is 24.6 Å². The van der Waals surface area contributed by atoms with Crippen molar-refractivity contribution in [3.05, 3.63) is 34.7 Å². The predicted octanol–water partition coefficient (Wildman–Crippen LogP) is 3.52. The van der Waals surface area contributed by atoms with Crippen molar-refractivity contribution in [2.75, 3.05) is 0 Å². The van der Waals surface area contributed by atoms with Crippen LogP contribution in [0.25, 0.3) is 10.9 Å². The molecule has 3 heteroatoms. The summed E-state index contributed by atoms with van der Waals surface area (Å²) in [6.45, 7) is 2.02. The molecule has 1 N–H and O–H groups in total. The van der Waals surface area contributed by atoms with Gasteiger partial charge in [-0.15, -0.1) is 0 Å². The van der Waals surface area contributed by atoms with E-state index >= 15 is 0 Å². The number of hydrogen-bond donors (Lipinski definition) is 1. The number of fused-ring (bicyclic) bond motifs is 1. The van der Waals surface area contributed by atoms with Crippen molar-refractivity contribution in [1.29, 1.82) is 0 Å². The maximum atomic E-state index is 13.3. The maximum absolute atomic E-state index is 13.3. The molecule has 0 atom stereocenters. The SMILES string of the molecule is CCc1cc2cc(Cl)cc(F)c2[nH]1. The maximum Gasteiger partial charge on any atom is 0.148 e. The van der Waals surface area contributed by atoms with Crippen LogP contribution in [-0.2, 0) is 6.42 Å². The Morgan fingerprint density at radius 3 is 2.85 bits per heavy atom. The summed E-state index contributed by atoms with van der Waals surface area (Å²) in [5.41, 5.74) is 1.57. The Morgan fingerprint density at radius 1 is 1.38 bits per heavy atom. The molecule has 0 aliphatic carbocycles. The number of aromatic amines is 1. The van der Waals surface area contributed by atoms with Gasteiger partial charge in [0, 0.05) is 16.1 Å². The van der Waals surface area contributed by atoms with Gasteiger partial charge in [-0.2, -0.15) is 0 Å². The molecule has 0 bridgehead atoms. The Bertz CT molecular complexity index is 447. The van der Waals surface area contributed by atoms with Gasteiger partial charge in [-0.25, -0.2) is 4.39 Å². The third-order valence-corrected chi connectivity index (χ3v) is 2.30. The molecule has 0 unspecified atom stereocenters. The molecule has 0 saturated carbocycles. The zero-order valence-electron chi connectivity index (χ0n) is 7.20. The van der Waals surface area contributed by atoms with Gasteiger partial charge < -0.3 is 4.98 Å². The lowest BCUT2D eigenvalue weighted by molar-refractivity contribution is 0.637. The summed E-state index contributed by atoms with van der Waals surface area (Å²) in [4.78, 5) is 3.01. The Balaban J connectivity index is 2.75. The van der Waals surface area contributed by atoms with Crippen LogP contribution in [0, 0.1) is 5.82 Å². The largest absolute Gasteiger partial charge is 0.356 e. The Hall–Kier alpha value is -1.02. The number of H-pyrrole nitrogens is 1. The lowest BCUT2D eigenvalue weighted by Gasteiger charge is -1.93. The van der Waals surface area contributed by atoms with Crippen molar-refractivity contribution in [3.8, 4) is 0 Å². The van der Waals surface area contributed by atoms with Gasteiger partial charge in [0.2, 0.25) is 0 Å². The van der Waals surface area contributed by atoms with Crippen molar-refractivity contribution >= 4 is 22.5 Å². The normalized spacial score (nSPS) is 11.0. The molecule has 0 spiro atoms. The quantitative estimate of drug-likeness (QED) is 0.720. The second kappa shape index (κ2) is 3.04. The van der Waals surface area contributed by atoms with E-state index in [1.807, 2.05) is 13.0 Å². The van der Waals surface area contributed by atoms with Crippen molar-refractivity contribution in [3.63, 3.8) is 0 Å². The number of hydrogen-bond acceptors (Lipinski definition) is 0. The van der Waals surface area contributed by atoms with Gasteiger partial charge in [0.25, 0.3) is 0 Å². The van der Waals surface area contributed by atoms with Crippen molar-refractivity contribution in [2.24, 2.45) is 0 Å². The highest BCUT2D eigenvalue weighted by molar-refractivity contribution is 6.31. The summed E-state index contributed by atoms with van der Waals surface area (Å²) < 4.78 is 13.3. The summed E-state index contributed by atoms with van der Waals surface area (Å²) in [6, 6.07) is 5.00. The fourth-order valence-electron chi connectivity index (χ4n) is 1.41. The molecule has 0 radical (unpaired) electrons. The van der Waals surface area contributed by atoms with E-state index in [1.165, 1.54) is 6.07 Å². The summed E-state index contributed by atoms with van der Waals surface area (Å²) >= 11 is 5.72. The van der Waals surface area contributed by atoms with Gasteiger partial charge in [0.15, 0.2) is 0 Å². The topological polar surface area (TPSA) is 15.8 Å². The molecule has 0 aliphatic heterocycles. The van der Waals surface area contributed by atoms with Crippen LogP contribution >= 0.6 is 11.6 Å². The zero-order chi connectivity index (χ0) is 9.42. The molecule has 0 fully saturated rings. The predicted molar refractivity (Wildman–Crippen MR) is 52.6 cm³/mol.